The molecule has 1 aromatic carbocycles. The largest absolute Gasteiger partial charge is 0.446 e. The Hall–Kier alpha value is -1.97. The van der Waals surface area contributed by atoms with Gasteiger partial charge in [-0.25, -0.2) is 4.79 Å². The van der Waals surface area contributed by atoms with Gasteiger partial charge in [0.25, 0.3) is 0 Å². The average molecular weight is 300 g/mol. The first-order valence-electron chi connectivity index (χ1n) is 7.96. The maximum atomic E-state index is 12.1. The van der Waals surface area contributed by atoms with E-state index in [9.17, 15) is 4.79 Å². The van der Waals surface area contributed by atoms with E-state index >= 15 is 0 Å². The summed E-state index contributed by atoms with van der Waals surface area (Å²) in [6.45, 7) is 5.88. The third-order valence-electron chi connectivity index (χ3n) is 3.98. The predicted octanol–water partition coefficient (Wildman–Crippen LogP) is 4.01. The van der Waals surface area contributed by atoms with E-state index in [1.807, 2.05) is 39.1 Å². The lowest BCUT2D eigenvalue weighted by Gasteiger charge is -2.23. The number of hydrogen-bond donors (Lipinski definition) is 2. The van der Waals surface area contributed by atoms with Crippen LogP contribution in [0.3, 0.4) is 0 Å². The Morgan fingerprint density at radius 3 is 2.77 bits per heavy atom. The van der Waals surface area contributed by atoms with Crippen LogP contribution in [0.1, 0.15) is 39.2 Å². The summed E-state index contributed by atoms with van der Waals surface area (Å²) >= 11 is 0. The number of nitrogens with one attached hydrogen (secondary N) is 2. The standard InChI is InChI=1S/C18H24N2O2/c1-18(2,3)20-17(21)22-16(12-8-9-12)10-13-11-19-15-7-5-4-6-14(13)15/h4-7,11-12,16,19H,8-10H2,1-3H3,(H,20,21)/t16-/m0/s1. The summed E-state index contributed by atoms with van der Waals surface area (Å²) in [4.78, 5) is 15.3. The predicted molar refractivity (Wildman–Crippen MR) is 87.9 cm³/mol. The van der Waals surface area contributed by atoms with Gasteiger partial charge in [0.2, 0.25) is 0 Å². The number of fused-ring (bicyclic) bond motifs is 1. The fourth-order valence-corrected chi connectivity index (χ4v) is 2.76. The molecule has 4 nitrogen and oxygen atoms in total. The SMILES string of the molecule is CC(C)(C)NC(=O)O[C@@H](Cc1c[nH]c2ccccc12)C1CC1. The van der Waals surface area contributed by atoms with Crippen LogP contribution >= 0.6 is 0 Å². The second-order valence-electron chi connectivity index (χ2n) is 7.22. The van der Waals surface area contributed by atoms with Crippen molar-refractivity contribution in [3.63, 3.8) is 0 Å². The number of carbonyl (C=O) groups excluding carboxylic acids is 1. The molecular weight excluding hydrogens is 276 g/mol. The number of aromatic nitrogens is 1. The van der Waals surface area contributed by atoms with Gasteiger partial charge in [0.15, 0.2) is 0 Å². The Bertz CT molecular complexity index is 665. The minimum Gasteiger partial charge on any atom is -0.446 e. The molecule has 22 heavy (non-hydrogen) atoms. The van der Waals surface area contributed by atoms with Crippen molar-refractivity contribution in [3.05, 3.63) is 36.0 Å². The lowest BCUT2D eigenvalue weighted by molar-refractivity contribution is 0.0797. The van der Waals surface area contributed by atoms with Crippen LogP contribution in [0.4, 0.5) is 4.79 Å². The molecule has 1 fully saturated rings. The monoisotopic (exact) mass is 300 g/mol. The highest BCUT2D eigenvalue weighted by Crippen LogP contribution is 2.36. The summed E-state index contributed by atoms with van der Waals surface area (Å²) in [5, 5.41) is 4.10. The topological polar surface area (TPSA) is 54.1 Å². The van der Waals surface area contributed by atoms with Gasteiger partial charge in [0.05, 0.1) is 0 Å². The summed E-state index contributed by atoms with van der Waals surface area (Å²) in [7, 11) is 0. The number of amides is 1. The highest BCUT2D eigenvalue weighted by atomic mass is 16.6. The normalized spacial score (nSPS) is 16.5. The number of ether oxygens (including phenoxy) is 1. The Morgan fingerprint density at radius 2 is 2.09 bits per heavy atom. The number of benzene rings is 1. The fourth-order valence-electron chi connectivity index (χ4n) is 2.76. The molecule has 4 heteroatoms. The van der Waals surface area contributed by atoms with Gasteiger partial charge in [0.1, 0.15) is 6.10 Å². The quantitative estimate of drug-likeness (QED) is 0.896. The molecule has 2 N–H and O–H groups in total. The van der Waals surface area contributed by atoms with Crippen molar-refractivity contribution in [2.75, 3.05) is 0 Å². The zero-order valence-electron chi connectivity index (χ0n) is 13.5. The van der Waals surface area contributed by atoms with Crippen LogP contribution in [-0.4, -0.2) is 22.7 Å². The van der Waals surface area contributed by atoms with Crippen LogP contribution in [0.2, 0.25) is 0 Å². The number of alkyl carbamates (subject to hydrolysis) is 1. The lowest BCUT2D eigenvalue weighted by atomic mass is 10.0. The molecule has 0 spiro atoms. The van der Waals surface area contributed by atoms with E-state index in [0.717, 1.165) is 24.8 Å². The molecule has 0 bridgehead atoms. The van der Waals surface area contributed by atoms with Gasteiger partial charge in [-0.3, -0.25) is 0 Å². The minimum atomic E-state index is -0.316. The highest BCUT2D eigenvalue weighted by molar-refractivity contribution is 5.83. The minimum absolute atomic E-state index is 0.0402. The second-order valence-corrected chi connectivity index (χ2v) is 7.22. The van der Waals surface area contributed by atoms with E-state index in [-0.39, 0.29) is 17.7 Å². The van der Waals surface area contributed by atoms with E-state index in [1.54, 1.807) is 0 Å². The molecule has 2 aromatic rings. The van der Waals surface area contributed by atoms with Crippen molar-refractivity contribution in [1.29, 1.82) is 0 Å². The van der Waals surface area contributed by atoms with Crippen LogP contribution in [0.5, 0.6) is 0 Å². The van der Waals surface area contributed by atoms with E-state index < -0.39 is 0 Å². The van der Waals surface area contributed by atoms with Crippen molar-refractivity contribution in [2.45, 2.75) is 51.7 Å². The van der Waals surface area contributed by atoms with Gasteiger partial charge in [-0.2, -0.15) is 0 Å². The van der Waals surface area contributed by atoms with Gasteiger partial charge in [0, 0.05) is 29.1 Å². The molecule has 1 saturated carbocycles. The molecule has 1 atom stereocenters. The molecular formula is C18H24N2O2. The number of H-pyrrole nitrogens is 1. The Labute approximate surface area is 131 Å². The van der Waals surface area contributed by atoms with E-state index in [2.05, 4.69) is 22.4 Å². The van der Waals surface area contributed by atoms with Gasteiger partial charge in [-0.1, -0.05) is 18.2 Å². The number of carbonyl (C=O) groups is 1. The summed E-state index contributed by atoms with van der Waals surface area (Å²) in [6, 6.07) is 8.24. The van der Waals surface area contributed by atoms with Crippen molar-refractivity contribution in [1.82, 2.24) is 10.3 Å². The molecule has 0 radical (unpaired) electrons. The van der Waals surface area contributed by atoms with Crippen molar-refractivity contribution in [3.8, 4) is 0 Å². The van der Waals surface area contributed by atoms with Crippen molar-refractivity contribution >= 4 is 17.0 Å². The summed E-state index contributed by atoms with van der Waals surface area (Å²) in [5.41, 5.74) is 2.08. The Balaban J connectivity index is 1.71. The van der Waals surface area contributed by atoms with Crippen LogP contribution < -0.4 is 5.32 Å². The van der Waals surface area contributed by atoms with Crippen molar-refractivity contribution in [2.24, 2.45) is 5.92 Å². The Kier molecular flexibility index (Phi) is 3.85. The van der Waals surface area contributed by atoms with E-state index in [0.29, 0.717) is 5.92 Å². The number of rotatable bonds is 4. The molecule has 1 aromatic heterocycles. The van der Waals surface area contributed by atoms with E-state index in [4.69, 9.17) is 4.74 Å². The lowest BCUT2D eigenvalue weighted by Crippen LogP contribution is -2.42. The number of aromatic amines is 1. The molecule has 0 aliphatic heterocycles. The highest BCUT2D eigenvalue weighted by Gasteiger charge is 2.35. The average Bonchev–Trinajstić information content (AvgIpc) is 3.19. The first kappa shape index (κ1) is 14.9. The van der Waals surface area contributed by atoms with Crippen LogP contribution in [-0.2, 0) is 11.2 Å². The van der Waals surface area contributed by atoms with Crippen LogP contribution in [0.25, 0.3) is 10.9 Å². The van der Waals surface area contributed by atoms with Crippen LogP contribution in [0, 0.1) is 5.92 Å². The maximum absolute atomic E-state index is 12.1. The summed E-state index contributed by atoms with van der Waals surface area (Å²) in [5.74, 6) is 0.499. The van der Waals surface area contributed by atoms with Crippen LogP contribution in [0.15, 0.2) is 30.5 Å². The third-order valence-corrected chi connectivity index (χ3v) is 3.98. The zero-order chi connectivity index (χ0) is 15.7. The Morgan fingerprint density at radius 1 is 1.36 bits per heavy atom. The van der Waals surface area contributed by atoms with Crippen molar-refractivity contribution < 1.29 is 9.53 Å². The molecule has 1 heterocycles. The van der Waals surface area contributed by atoms with Gasteiger partial charge in [-0.15, -0.1) is 0 Å². The fraction of sp³-hybridized carbons (Fsp3) is 0.500. The maximum Gasteiger partial charge on any atom is 0.407 e. The molecule has 0 saturated heterocycles. The first-order chi connectivity index (χ1) is 10.4. The molecule has 1 amide bonds. The third kappa shape index (κ3) is 3.62. The number of hydrogen-bond acceptors (Lipinski definition) is 2. The van der Waals surface area contributed by atoms with Gasteiger partial charge < -0.3 is 15.0 Å². The molecule has 1 aliphatic carbocycles. The summed E-state index contributed by atoms with van der Waals surface area (Å²) in [6.07, 6.45) is 4.74. The molecule has 3 rings (SSSR count). The molecule has 1 aliphatic rings. The van der Waals surface area contributed by atoms with E-state index in [1.165, 1.54) is 10.9 Å². The zero-order valence-corrected chi connectivity index (χ0v) is 13.5. The van der Waals surface area contributed by atoms with Gasteiger partial charge >= 0.3 is 6.09 Å². The molecule has 118 valence electrons. The summed E-state index contributed by atoms with van der Waals surface area (Å²) < 4.78 is 5.71. The molecule has 0 unspecified atom stereocenters. The van der Waals surface area contributed by atoms with Gasteiger partial charge in [-0.05, 0) is 51.2 Å². The second kappa shape index (κ2) is 5.67. The smallest absolute Gasteiger partial charge is 0.407 e. The first-order valence-corrected chi connectivity index (χ1v) is 7.96. The number of para-hydroxylation sites is 1.